The van der Waals surface area contributed by atoms with Crippen LogP contribution in [0.2, 0.25) is 5.02 Å². The molecule has 2 aromatic rings. The molecule has 5 nitrogen and oxygen atoms in total. The molecular formula is C15H21ClN4O. The molecule has 0 saturated heterocycles. The lowest BCUT2D eigenvalue weighted by atomic mass is 9.99. The van der Waals surface area contributed by atoms with Crippen LogP contribution in [0.15, 0.2) is 36.5 Å². The number of nitrogens with two attached hydrogens (primary N) is 1. The van der Waals surface area contributed by atoms with Crippen molar-refractivity contribution in [2.45, 2.75) is 32.5 Å². The summed E-state index contributed by atoms with van der Waals surface area (Å²) in [6.07, 6.45) is 1.40. The van der Waals surface area contributed by atoms with Crippen molar-refractivity contribution in [2.75, 3.05) is 6.61 Å². The zero-order valence-electron chi connectivity index (χ0n) is 12.3. The topological polar surface area (TPSA) is 65.1 Å². The monoisotopic (exact) mass is 308 g/mol. The van der Waals surface area contributed by atoms with Gasteiger partial charge in [-0.1, -0.05) is 41.9 Å². The normalized spacial score (nSPS) is 14.1. The Labute approximate surface area is 130 Å². The minimum absolute atomic E-state index is 0.235. The average Bonchev–Trinajstić information content (AvgIpc) is 2.89. The third-order valence-electron chi connectivity index (χ3n) is 3.38. The van der Waals surface area contributed by atoms with E-state index in [0.29, 0.717) is 18.2 Å². The van der Waals surface area contributed by atoms with Gasteiger partial charge in [0.1, 0.15) is 6.10 Å². The fraction of sp³-hybridized carbons (Fsp3) is 0.400. The summed E-state index contributed by atoms with van der Waals surface area (Å²) in [6.45, 7) is 5.27. The fourth-order valence-corrected chi connectivity index (χ4v) is 2.71. The number of nitrogens with zero attached hydrogens (tertiary/aromatic N) is 2. The van der Waals surface area contributed by atoms with Crippen molar-refractivity contribution in [1.29, 1.82) is 0 Å². The SMILES string of the molecule is CCOC(c1ccccc1)C(NN)c1c(Cl)cnn1CC. The molecule has 0 spiro atoms. The molecule has 0 amide bonds. The third-order valence-corrected chi connectivity index (χ3v) is 3.68. The van der Waals surface area contributed by atoms with Crippen LogP contribution in [0.5, 0.6) is 0 Å². The molecule has 1 aromatic heterocycles. The highest BCUT2D eigenvalue weighted by molar-refractivity contribution is 6.31. The molecule has 114 valence electrons. The van der Waals surface area contributed by atoms with E-state index in [0.717, 1.165) is 11.3 Å². The first-order chi connectivity index (χ1) is 10.2. The Morgan fingerprint density at radius 2 is 2.05 bits per heavy atom. The minimum Gasteiger partial charge on any atom is -0.372 e. The minimum atomic E-state index is -0.276. The molecule has 0 aliphatic heterocycles. The number of aryl methyl sites for hydroxylation is 1. The van der Waals surface area contributed by atoms with Gasteiger partial charge in [0.2, 0.25) is 0 Å². The van der Waals surface area contributed by atoms with E-state index in [2.05, 4.69) is 10.5 Å². The van der Waals surface area contributed by atoms with Crippen molar-refractivity contribution >= 4 is 11.6 Å². The van der Waals surface area contributed by atoms with Gasteiger partial charge in [0, 0.05) is 13.2 Å². The standard InChI is InChI=1S/C15H21ClN4O/c1-3-20-14(12(16)10-18-20)13(19-17)15(21-4-2)11-8-6-5-7-9-11/h5-10,13,15,19H,3-4,17H2,1-2H3. The van der Waals surface area contributed by atoms with Crippen molar-refractivity contribution in [3.63, 3.8) is 0 Å². The summed E-state index contributed by atoms with van der Waals surface area (Å²) in [5.41, 5.74) is 4.71. The molecule has 0 bridgehead atoms. The third kappa shape index (κ3) is 3.44. The average molecular weight is 309 g/mol. The Morgan fingerprint density at radius 1 is 1.33 bits per heavy atom. The van der Waals surface area contributed by atoms with E-state index in [4.69, 9.17) is 22.2 Å². The van der Waals surface area contributed by atoms with Crippen molar-refractivity contribution < 1.29 is 4.74 Å². The van der Waals surface area contributed by atoms with Gasteiger partial charge in [0.05, 0.1) is 23.0 Å². The smallest absolute Gasteiger partial charge is 0.105 e. The predicted molar refractivity (Wildman–Crippen MR) is 83.8 cm³/mol. The molecule has 0 aliphatic rings. The Balaban J connectivity index is 2.43. The zero-order chi connectivity index (χ0) is 15.2. The number of hydrogen-bond donors (Lipinski definition) is 2. The lowest BCUT2D eigenvalue weighted by Gasteiger charge is -2.27. The summed E-state index contributed by atoms with van der Waals surface area (Å²) in [7, 11) is 0. The molecule has 6 heteroatoms. The van der Waals surface area contributed by atoms with Gasteiger partial charge in [-0.3, -0.25) is 10.5 Å². The molecular weight excluding hydrogens is 288 g/mol. The number of benzene rings is 1. The molecule has 1 heterocycles. The highest BCUT2D eigenvalue weighted by atomic mass is 35.5. The number of hydrogen-bond acceptors (Lipinski definition) is 4. The van der Waals surface area contributed by atoms with Crippen molar-refractivity contribution in [2.24, 2.45) is 5.84 Å². The summed E-state index contributed by atoms with van der Waals surface area (Å²) < 4.78 is 7.75. The first-order valence-corrected chi connectivity index (χ1v) is 7.44. The van der Waals surface area contributed by atoms with E-state index in [1.54, 1.807) is 6.20 Å². The molecule has 0 radical (unpaired) electrons. The lowest BCUT2D eigenvalue weighted by Crippen LogP contribution is -2.35. The molecule has 2 unspecified atom stereocenters. The van der Waals surface area contributed by atoms with E-state index in [1.165, 1.54) is 0 Å². The van der Waals surface area contributed by atoms with Gasteiger partial charge in [-0.15, -0.1) is 0 Å². The second-order valence-electron chi connectivity index (χ2n) is 4.62. The van der Waals surface area contributed by atoms with Crippen LogP contribution in [-0.2, 0) is 11.3 Å². The van der Waals surface area contributed by atoms with Crippen LogP contribution in [0.3, 0.4) is 0 Å². The van der Waals surface area contributed by atoms with E-state index >= 15 is 0 Å². The molecule has 0 fully saturated rings. The maximum absolute atomic E-state index is 6.29. The van der Waals surface area contributed by atoms with E-state index in [1.807, 2.05) is 48.9 Å². The Kier molecular flexibility index (Phi) is 5.76. The zero-order valence-corrected chi connectivity index (χ0v) is 13.0. The first-order valence-electron chi connectivity index (χ1n) is 7.06. The molecule has 3 N–H and O–H groups in total. The van der Waals surface area contributed by atoms with E-state index in [-0.39, 0.29) is 12.1 Å². The predicted octanol–water partition coefficient (Wildman–Crippen LogP) is 2.84. The van der Waals surface area contributed by atoms with Gasteiger partial charge in [0.25, 0.3) is 0 Å². The van der Waals surface area contributed by atoms with E-state index < -0.39 is 0 Å². The van der Waals surface area contributed by atoms with Crippen molar-refractivity contribution in [1.82, 2.24) is 15.2 Å². The highest BCUT2D eigenvalue weighted by Crippen LogP contribution is 2.34. The van der Waals surface area contributed by atoms with Crippen LogP contribution in [0.25, 0.3) is 0 Å². The van der Waals surface area contributed by atoms with Crippen LogP contribution in [-0.4, -0.2) is 16.4 Å². The maximum atomic E-state index is 6.29. The Hall–Kier alpha value is -1.40. The number of nitrogens with one attached hydrogen (secondary N) is 1. The second-order valence-corrected chi connectivity index (χ2v) is 5.03. The first kappa shape index (κ1) is 16.0. The summed E-state index contributed by atoms with van der Waals surface area (Å²) >= 11 is 6.29. The Bertz CT molecular complexity index is 558. The number of rotatable bonds is 7. The van der Waals surface area contributed by atoms with Crippen molar-refractivity contribution in [3.8, 4) is 0 Å². The van der Waals surface area contributed by atoms with Gasteiger partial charge in [-0.25, -0.2) is 5.43 Å². The summed E-state index contributed by atoms with van der Waals surface area (Å²) in [5, 5.41) is 4.86. The van der Waals surface area contributed by atoms with Crippen LogP contribution in [0.4, 0.5) is 0 Å². The molecule has 0 saturated carbocycles. The van der Waals surface area contributed by atoms with Gasteiger partial charge >= 0.3 is 0 Å². The van der Waals surface area contributed by atoms with Gasteiger partial charge in [0.15, 0.2) is 0 Å². The second kappa shape index (κ2) is 7.56. The number of ether oxygens (including phenoxy) is 1. The largest absolute Gasteiger partial charge is 0.372 e. The number of halogens is 1. The van der Waals surface area contributed by atoms with Crippen molar-refractivity contribution in [3.05, 3.63) is 52.8 Å². The number of aromatic nitrogens is 2. The van der Waals surface area contributed by atoms with Crippen LogP contribution >= 0.6 is 11.6 Å². The van der Waals surface area contributed by atoms with Gasteiger partial charge < -0.3 is 4.74 Å². The van der Waals surface area contributed by atoms with Gasteiger partial charge in [-0.05, 0) is 19.4 Å². The number of hydrazine groups is 1. The Morgan fingerprint density at radius 3 is 2.62 bits per heavy atom. The quantitative estimate of drug-likeness (QED) is 0.610. The summed E-state index contributed by atoms with van der Waals surface area (Å²) in [5.74, 6) is 5.80. The molecule has 2 rings (SSSR count). The molecule has 1 aromatic carbocycles. The van der Waals surface area contributed by atoms with Crippen LogP contribution in [0, 0.1) is 0 Å². The molecule has 21 heavy (non-hydrogen) atoms. The molecule has 2 atom stereocenters. The lowest BCUT2D eigenvalue weighted by molar-refractivity contribution is 0.0303. The summed E-state index contributed by atoms with van der Waals surface area (Å²) in [4.78, 5) is 0. The fourth-order valence-electron chi connectivity index (χ4n) is 2.45. The molecule has 0 aliphatic carbocycles. The van der Waals surface area contributed by atoms with Gasteiger partial charge in [-0.2, -0.15) is 5.10 Å². The van der Waals surface area contributed by atoms with E-state index in [9.17, 15) is 0 Å². The highest BCUT2D eigenvalue weighted by Gasteiger charge is 2.29. The van der Waals surface area contributed by atoms with Crippen LogP contribution < -0.4 is 11.3 Å². The maximum Gasteiger partial charge on any atom is 0.105 e. The summed E-state index contributed by atoms with van der Waals surface area (Å²) in [6, 6.07) is 9.70. The van der Waals surface area contributed by atoms with Crippen LogP contribution in [0.1, 0.15) is 37.3 Å².